The number of aromatic amines is 1. The molecule has 1 amide bonds. The molecule has 1 aromatic carbocycles. The second kappa shape index (κ2) is 6.38. The van der Waals surface area contributed by atoms with Crippen molar-refractivity contribution in [1.29, 1.82) is 0 Å². The zero-order valence-corrected chi connectivity index (χ0v) is 15.6. The van der Waals surface area contributed by atoms with Crippen LogP contribution in [0.3, 0.4) is 0 Å². The predicted molar refractivity (Wildman–Crippen MR) is 101 cm³/mol. The Hall–Kier alpha value is -3.33. The van der Waals surface area contributed by atoms with Crippen molar-refractivity contribution in [3.05, 3.63) is 58.5 Å². The fourth-order valence-electron chi connectivity index (χ4n) is 3.74. The third-order valence-electron chi connectivity index (χ3n) is 5.08. The van der Waals surface area contributed by atoms with E-state index < -0.39 is 0 Å². The third kappa shape index (κ3) is 2.63. The van der Waals surface area contributed by atoms with Crippen molar-refractivity contribution in [2.24, 2.45) is 0 Å². The zero-order chi connectivity index (χ0) is 19.3. The van der Waals surface area contributed by atoms with E-state index in [0.717, 1.165) is 16.7 Å². The van der Waals surface area contributed by atoms with E-state index in [1.807, 2.05) is 30.0 Å². The molecule has 1 unspecified atom stereocenters. The molecule has 0 fully saturated rings. The van der Waals surface area contributed by atoms with E-state index in [0.29, 0.717) is 35.2 Å². The minimum atomic E-state index is -0.135. The summed E-state index contributed by atoms with van der Waals surface area (Å²) in [6, 6.07) is 7.53. The first-order chi connectivity index (χ1) is 13.6. The molecule has 0 saturated carbocycles. The van der Waals surface area contributed by atoms with Crippen LogP contribution in [-0.4, -0.2) is 52.6 Å². The Morgan fingerprint density at radius 3 is 3.07 bits per heavy atom. The monoisotopic (exact) mass is 394 g/mol. The first kappa shape index (κ1) is 16.8. The maximum Gasteiger partial charge on any atom is 0.274 e. The Labute approximate surface area is 164 Å². The molecule has 1 aliphatic heterocycles. The second-order valence-corrected chi connectivity index (χ2v) is 7.07. The van der Waals surface area contributed by atoms with Gasteiger partial charge in [0.15, 0.2) is 11.3 Å². The van der Waals surface area contributed by atoms with Crippen LogP contribution in [0.1, 0.15) is 34.6 Å². The van der Waals surface area contributed by atoms with Crippen LogP contribution >= 0.6 is 11.6 Å². The van der Waals surface area contributed by atoms with E-state index >= 15 is 0 Å². The number of amides is 1. The van der Waals surface area contributed by atoms with Gasteiger partial charge in [-0.15, -0.1) is 10.2 Å². The number of hydrogen-bond acceptors (Lipinski definition) is 6. The van der Waals surface area contributed by atoms with Crippen molar-refractivity contribution in [1.82, 2.24) is 40.1 Å². The molecular formula is C18H15ClN8O. The molecule has 0 radical (unpaired) electrons. The van der Waals surface area contributed by atoms with Gasteiger partial charge in [0.1, 0.15) is 0 Å². The maximum absolute atomic E-state index is 13.1. The Bertz CT molecular complexity index is 1190. The van der Waals surface area contributed by atoms with Gasteiger partial charge >= 0.3 is 0 Å². The van der Waals surface area contributed by atoms with Gasteiger partial charge in [-0.3, -0.25) is 4.79 Å². The van der Waals surface area contributed by atoms with Gasteiger partial charge in [-0.25, -0.2) is 9.50 Å². The molecule has 1 aliphatic rings. The largest absolute Gasteiger partial charge is 0.330 e. The van der Waals surface area contributed by atoms with Gasteiger partial charge < -0.3 is 4.90 Å². The molecule has 1 atom stereocenters. The average Bonchev–Trinajstić information content (AvgIpc) is 3.37. The van der Waals surface area contributed by atoms with E-state index in [1.165, 1.54) is 10.7 Å². The highest BCUT2D eigenvalue weighted by atomic mass is 35.5. The third-order valence-corrected chi connectivity index (χ3v) is 5.28. The highest BCUT2D eigenvalue weighted by Gasteiger charge is 2.31. The Balaban J connectivity index is 1.49. The van der Waals surface area contributed by atoms with E-state index in [1.54, 1.807) is 12.3 Å². The lowest BCUT2D eigenvalue weighted by molar-refractivity contribution is 0.0671. The minimum absolute atomic E-state index is 0.107. The highest BCUT2D eigenvalue weighted by Crippen LogP contribution is 2.35. The van der Waals surface area contributed by atoms with Crippen molar-refractivity contribution < 1.29 is 4.79 Å². The van der Waals surface area contributed by atoms with Crippen molar-refractivity contribution in [3.8, 4) is 11.4 Å². The van der Waals surface area contributed by atoms with E-state index in [4.69, 9.17) is 11.6 Å². The molecule has 140 valence electrons. The number of nitrogens with zero attached hydrogens (tertiary/aromatic N) is 7. The Morgan fingerprint density at radius 2 is 2.25 bits per heavy atom. The number of carbonyl (C=O) groups is 1. The minimum Gasteiger partial charge on any atom is -0.330 e. The smallest absolute Gasteiger partial charge is 0.274 e. The number of carbonyl (C=O) groups excluding carboxylic acids is 1. The first-order valence-corrected chi connectivity index (χ1v) is 9.17. The van der Waals surface area contributed by atoms with Crippen LogP contribution in [-0.2, 0) is 6.42 Å². The molecule has 0 bridgehead atoms. The fraction of sp³-hybridized carbons (Fsp3) is 0.222. The molecule has 0 spiro atoms. The fourth-order valence-corrected chi connectivity index (χ4v) is 3.88. The number of fused-ring (bicyclic) bond motifs is 2. The van der Waals surface area contributed by atoms with Crippen LogP contribution < -0.4 is 0 Å². The lowest BCUT2D eigenvalue weighted by Gasteiger charge is -2.35. The zero-order valence-electron chi connectivity index (χ0n) is 14.9. The van der Waals surface area contributed by atoms with Gasteiger partial charge in [-0.05, 0) is 29.7 Å². The molecule has 1 N–H and O–H groups in total. The van der Waals surface area contributed by atoms with Gasteiger partial charge in [0, 0.05) is 24.4 Å². The Kier molecular flexibility index (Phi) is 3.83. The predicted octanol–water partition coefficient (Wildman–Crippen LogP) is 2.32. The topological polar surface area (TPSA) is 105 Å². The number of H-pyrrole nitrogens is 1. The summed E-state index contributed by atoms with van der Waals surface area (Å²) in [7, 11) is 0. The van der Waals surface area contributed by atoms with Crippen LogP contribution in [0, 0.1) is 0 Å². The lowest BCUT2D eigenvalue weighted by atomic mass is 9.89. The summed E-state index contributed by atoms with van der Waals surface area (Å²) in [5.74, 6) is 0.428. The van der Waals surface area contributed by atoms with Crippen LogP contribution in [0.4, 0.5) is 0 Å². The summed E-state index contributed by atoms with van der Waals surface area (Å²) in [6.45, 7) is 2.59. The van der Waals surface area contributed by atoms with Gasteiger partial charge in [0.25, 0.3) is 5.91 Å². The van der Waals surface area contributed by atoms with Crippen molar-refractivity contribution in [3.63, 3.8) is 0 Å². The number of aromatic nitrogens is 7. The van der Waals surface area contributed by atoms with Gasteiger partial charge in [-0.1, -0.05) is 29.8 Å². The van der Waals surface area contributed by atoms with Gasteiger partial charge in [0.2, 0.25) is 5.82 Å². The molecule has 10 heteroatoms. The van der Waals surface area contributed by atoms with Crippen LogP contribution in [0.15, 0.2) is 36.7 Å². The van der Waals surface area contributed by atoms with Gasteiger partial charge in [0.05, 0.1) is 17.3 Å². The molecule has 4 heterocycles. The summed E-state index contributed by atoms with van der Waals surface area (Å²) in [5, 5.41) is 19.1. The maximum atomic E-state index is 13.1. The molecule has 9 nitrogen and oxygen atoms in total. The van der Waals surface area contributed by atoms with E-state index in [9.17, 15) is 4.79 Å². The summed E-state index contributed by atoms with van der Waals surface area (Å²) >= 11 is 5.96. The molecule has 0 saturated heterocycles. The normalized spacial score (nSPS) is 16.4. The van der Waals surface area contributed by atoms with Crippen molar-refractivity contribution >= 4 is 23.2 Å². The Morgan fingerprint density at radius 1 is 1.36 bits per heavy atom. The van der Waals surface area contributed by atoms with Gasteiger partial charge in [-0.2, -0.15) is 10.3 Å². The lowest BCUT2D eigenvalue weighted by Crippen LogP contribution is -2.39. The summed E-state index contributed by atoms with van der Waals surface area (Å²) in [4.78, 5) is 19.2. The highest BCUT2D eigenvalue weighted by molar-refractivity contribution is 6.30. The van der Waals surface area contributed by atoms with Crippen LogP contribution in [0.2, 0.25) is 5.02 Å². The molecule has 28 heavy (non-hydrogen) atoms. The summed E-state index contributed by atoms with van der Waals surface area (Å²) in [6.07, 6.45) is 3.87. The van der Waals surface area contributed by atoms with E-state index in [2.05, 4.69) is 30.7 Å². The number of nitrogens with one attached hydrogen (secondary N) is 1. The molecule has 0 aliphatic carbocycles. The number of hydrogen-bond donors (Lipinski definition) is 1. The summed E-state index contributed by atoms with van der Waals surface area (Å²) in [5.41, 5.74) is 4.09. The average molecular weight is 395 g/mol. The molecule has 5 rings (SSSR count). The SMILES string of the molecule is CC1c2cccc(-c3nn[nH]n3)c2CCN1C(=O)c1cc2ncc(Cl)cn2n1. The molecule has 3 aromatic heterocycles. The van der Waals surface area contributed by atoms with Crippen LogP contribution in [0.25, 0.3) is 17.0 Å². The van der Waals surface area contributed by atoms with E-state index in [-0.39, 0.29) is 11.9 Å². The van der Waals surface area contributed by atoms with Crippen LogP contribution in [0.5, 0.6) is 0 Å². The first-order valence-electron chi connectivity index (χ1n) is 8.79. The van der Waals surface area contributed by atoms with Crippen molar-refractivity contribution in [2.45, 2.75) is 19.4 Å². The number of rotatable bonds is 2. The number of benzene rings is 1. The standard InChI is InChI=1S/C18H15ClN8O/c1-10-12-3-2-4-14(17-21-24-25-22-17)13(12)5-6-26(10)18(28)15-7-16-20-8-11(19)9-27(16)23-15/h2-4,7-10H,5-6H2,1H3,(H,21,22,24,25). The quantitative estimate of drug-likeness (QED) is 0.559. The molecular weight excluding hydrogens is 380 g/mol. The second-order valence-electron chi connectivity index (χ2n) is 6.64. The molecule has 4 aromatic rings. The van der Waals surface area contributed by atoms with Crippen molar-refractivity contribution in [2.75, 3.05) is 6.54 Å². The number of tetrazole rings is 1. The summed E-state index contributed by atoms with van der Waals surface area (Å²) < 4.78 is 1.52. The number of halogens is 1.